The lowest BCUT2D eigenvalue weighted by Gasteiger charge is -2.27. The van der Waals surface area contributed by atoms with Gasteiger partial charge in [0.15, 0.2) is 0 Å². The molecule has 3 N–H and O–H groups in total. The smallest absolute Gasteiger partial charge is 0.303 e. The van der Waals surface area contributed by atoms with Crippen molar-refractivity contribution < 1.29 is 15.0 Å². The van der Waals surface area contributed by atoms with Crippen LogP contribution in [0.4, 0.5) is 0 Å². The van der Waals surface area contributed by atoms with E-state index in [0.29, 0.717) is 6.42 Å². The molecule has 0 aromatic carbocycles. The van der Waals surface area contributed by atoms with Crippen molar-refractivity contribution in [2.75, 3.05) is 13.1 Å². The molecule has 4 heteroatoms. The number of nitrogens with one attached hydrogen (secondary N) is 1. The van der Waals surface area contributed by atoms with Crippen molar-refractivity contribution in [1.82, 2.24) is 5.32 Å². The van der Waals surface area contributed by atoms with Gasteiger partial charge in [0, 0.05) is 13.0 Å². The van der Waals surface area contributed by atoms with Crippen LogP contribution in [0.25, 0.3) is 0 Å². The maximum Gasteiger partial charge on any atom is 0.303 e. The lowest BCUT2D eigenvalue weighted by Crippen LogP contribution is -2.39. The predicted octanol–water partition coefficient (Wildman–Crippen LogP) is -0.178. The molecule has 0 radical (unpaired) electrons. The van der Waals surface area contributed by atoms with Crippen molar-refractivity contribution >= 4 is 5.97 Å². The summed E-state index contributed by atoms with van der Waals surface area (Å²) in [6.07, 6.45) is 1.16. The molecule has 0 saturated carbocycles. The van der Waals surface area contributed by atoms with Crippen molar-refractivity contribution in [2.45, 2.75) is 25.4 Å². The number of hydrogen-bond acceptors (Lipinski definition) is 3. The van der Waals surface area contributed by atoms with E-state index in [9.17, 15) is 9.90 Å². The Morgan fingerprint density at radius 2 is 2.33 bits per heavy atom. The number of aliphatic carboxylic acids is 1. The van der Waals surface area contributed by atoms with Gasteiger partial charge in [0.05, 0.1) is 6.10 Å². The fourth-order valence-corrected chi connectivity index (χ4v) is 1.51. The summed E-state index contributed by atoms with van der Waals surface area (Å²) in [5.74, 6) is -0.664. The van der Waals surface area contributed by atoms with Gasteiger partial charge < -0.3 is 15.5 Å². The Bertz CT molecular complexity index is 160. The molecule has 0 aromatic heterocycles. The van der Waals surface area contributed by atoms with Crippen LogP contribution in [0.2, 0.25) is 0 Å². The summed E-state index contributed by atoms with van der Waals surface area (Å²) in [6, 6.07) is 0. The highest BCUT2D eigenvalue weighted by Gasteiger charge is 2.22. The van der Waals surface area contributed by atoms with Crippen LogP contribution in [-0.4, -0.2) is 35.4 Å². The first kappa shape index (κ1) is 9.48. The molecule has 0 spiro atoms. The van der Waals surface area contributed by atoms with Crippen LogP contribution in [0, 0.1) is 5.92 Å². The Morgan fingerprint density at radius 3 is 2.92 bits per heavy atom. The third-order valence-electron chi connectivity index (χ3n) is 2.30. The second-order valence-electron chi connectivity index (χ2n) is 3.25. The van der Waals surface area contributed by atoms with Crippen LogP contribution < -0.4 is 5.32 Å². The van der Waals surface area contributed by atoms with Crippen LogP contribution in [0.1, 0.15) is 19.3 Å². The molecule has 4 nitrogen and oxygen atoms in total. The van der Waals surface area contributed by atoms with Gasteiger partial charge in [-0.05, 0) is 25.3 Å². The summed E-state index contributed by atoms with van der Waals surface area (Å²) in [6.45, 7) is 1.58. The zero-order chi connectivity index (χ0) is 8.97. The molecule has 12 heavy (non-hydrogen) atoms. The van der Waals surface area contributed by atoms with Crippen LogP contribution in [0.5, 0.6) is 0 Å². The Morgan fingerprint density at radius 1 is 1.58 bits per heavy atom. The van der Waals surface area contributed by atoms with Crippen molar-refractivity contribution in [3.05, 3.63) is 0 Å². The molecular weight excluding hydrogens is 158 g/mol. The Balaban J connectivity index is 2.24. The van der Waals surface area contributed by atoms with Crippen molar-refractivity contribution in [2.24, 2.45) is 5.92 Å². The summed E-state index contributed by atoms with van der Waals surface area (Å²) < 4.78 is 0. The van der Waals surface area contributed by atoms with Crippen molar-refractivity contribution in [3.63, 3.8) is 0 Å². The second-order valence-corrected chi connectivity index (χ2v) is 3.25. The van der Waals surface area contributed by atoms with Gasteiger partial charge in [0.2, 0.25) is 0 Å². The number of piperidine rings is 1. The maximum atomic E-state index is 10.2. The monoisotopic (exact) mass is 173 g/mol. The molecule has 0 unspecified atom stereocenters. The van der Waals surface area contributed by atoms with Crippen molar-refractivity contribution in [1.29, 1.82) is 0 Å². The molecule has 70 valence electrons. The minimum atomic E-state index is -0.784. The number of rotatable bonds is 3. The first-order valence-corrected chi connectivity index (χ1v) is 4.30. The number of aliphatic hydroxyl groups is 1. The molecule has 0 amide bonds. The first-order chi connectivity index (χ1) is 5.70. The van der Waals surface area contributed by atoms with E-state index in [0.717, 1.165) is 19.5 Å². The zero-order valence-corrected chi connectivity index (χ0v) is 6.99. The molecule has 2 atom stereocenters. The molecule has 1 aliphatic rings. The Hall–Kier alpha value is -0.610. The molecule has 0 bridgehead atoms. The van der Waals surface area contributed by atoms with Gasteiger partial charge in [-0.25, -0.2) is 0 Å². The topological polar surface area (TPSA) is 69.6 Å². The standard InChI is InChI=1S/C8H15NO3/c10-7-3-4-9-5-6(7)1-2-8(11)12/h6-7,9-10H,1-5H2,(H,11,12)/t6-,7-/m0/s1. The largest absolute Gasteiger partial charge is 0.481 e. The van der Waals surface area contributed by atoms with Crippen LogP contribution in [0.15, 0.2) is 0 Å². The molecule has 0 aromatic rings. The number of aliphatic hydroxyl groups excluding tert-OH is 1. The molecular formula is C8H15NO3. The number of carboxylic acids is 1. The summed E-state index contributed by atoms with van der Waals surface area (Å²) in [7, 11) is 0. The Kier molecular flexibility index (Phi) is 3.49. The van der Waals surface area contributed by atoms with E-state index in [2.05, 4.69) is 5.32 Å². The van der Waals surface area contributed by atoms with E-state index >= 15 is 0 Å². The normalized spacial score (nSPS) is 30.1. The Labute approximate surface area is 71.6 Å². The molecule has 1 rings (SSSR count). The van der Waals surface area contributed by atoms with E-state index < -0.39 is 5.97 Å². The maximum absolute atomic E-state index is 10.2. The quantitative estimate of drug-likeness (QED) is 0.554. The van der Waals surface area contributed by atoms with Crippen molar-refractivity contribution in [3.8, 4) is 0 Å². The second kappa shape index (κ2) is 4.42. The van der Waals surface area contributed by atoms with E-state index in [4.69, 9.17) is 5.11 Å². The average molecular weight is 173 g/mol. The lowest BCUT2D eigenvalue weighted by atomic mass is 9.92. The van der Waals surface area contributed by atoms with Crippen LogP contribution >= 0.6 is 0 Å². The van der Waals surface area contributed by atoms with E-state index in [1.807, 2.05) is 0 Å². The summed E-state index contributed by atoms with van der Waals surface area (Å²) in [5, 5.41) is 21.0. The summed E-state index contributed by atoms with van der Waals surface area (Å²) >= 11 is 0. The highest BCUT2D eigenvalue weighted by Crippen LogP contribution is 2.16. The molecule has 0 aliphatic carbocycles. The van der Waals surface area contributed by atoms with Crippen LogP contribution in [0.3, 0.4) is 0 Å². The SMILES string of the molecule is O=C(O)CC[C@H]1CNCC[C@@H]1O. The minimum absolute atomic E-state index is 0.120. The minimum Gasteiger partial charge on any atom is -0.481 e. The van der Waals surface area contributed by atoms with Gasteiger partial charge in [0.1, 0.15) is 0 Å². The lowest BCUT2D eigenvalue weighted by molar-refractivity contribution is -0.137. The first-order valence-electron chi connectivity index (χ1n) is 4.30. The molecule has 1 aliphatic heterocycles. The summed E-state index contributed by atoms with van der Waals surface area (Å²) in [5.41, 5.74) is 0. The van der Waals surface area contributed by atoms with Gasteiger partial charge in [-0.15, -0.1) is 0 Å². The zero-order valence-electron chi connectivity index (χ0n) is 6.99. The fraction of sp³-hybridized carbons (Fsp3) is 0.875. The average Bonchev–Trinajstić information content (AvgIpc) is 2.03. The number of hydrogen-bond donors (Lipinski definition) is 3. The molecule has 1 heterocycles. The van der Waals surface area contributed by atoms with E-state index in [1.54, 1.807) is 0 Å². The molecule has 1 saturated heterocycles. The van der Waals surface area contributed by atoms with Gasteiger partial charge in [-0.3, -0.25) is 4.79 Å². The number of carbonyl (C=O) groups is 1. The highest BCUT2D eigenvalue weighted by atomic mass is 16.4. The summed E-state index contributed by atoms with van der Waals surface area (Å²) in [4.78, 5) is 10.2. The van der Waals surface area contributed by atoms with Crippen LogP contribution in [-0.2, 0) is 4.79 Å². The van der Waals surface area contributed by atoms with E-state index in [1.165, 1.54) is 0 Å². The number of carboxylic acid groups (broad SMARTS) is 1. The third-order valence-corrected chi connectivity index (χ3v) is 2.30. The predicted molar refractivity (Wildman–Crippen MR) is 43.9 cm³/mol. The van der Waals surface area contributed by atoms with Gasteiger partial charge >= 0.3 is 5.97 Å². The van der Waals surface area contributed by atoms with Gasteiger partial charge in [-0.1, -0.05) is 0 Å². The van der Waals surface area contributed by atoms with Gasteiger partial charge in [0.25, 0.3) is 0 Å². The fourth-order valence-electron chi connectivity index (χ4n) is 1.51. The van der Waals surface area contributed by atoms with E-state index in [-0.39, 0.29) is 18.4 Å². The third kappa shape index (κ3) is 2.79. The molecule has 1 fully saturated rings. The van der Waals surface area contributed by atoms with Gasteiger partial charge in [-0.2, -0.15) is 0 Å². The highest BCUT2D eigenvalue weighted by molar-refractivity contribution is 5.66.